The first-order valence-electron chi connectivity index (χ1n) is 6.96. The van der Waals surface area contributed by atoms with Gasteiger partial charge in [-0.25, -0.2) is 4.98 Å². The second-order valence-corrected chi connectivity index (χ2v) is 4.97. The molecule has 0 fully saturated rings. The van der Waals surface area contributed by atoms with Gasteiger partial charge in [0.15, 0.2) is 5.82 Å². The average molecular weight is 310 g/mol. The third-order valence-electron chi connectivity index (χ3n) is 3.49. The lowest BCUT2D eigenvalue weighted by Crippen LogP contribution is -2.16. The number of hydrogen-bond donors (Lipinski definition) is 1. The number of benzene rings is 2. The Balaban J connectivity index is 2.19. The van der Waals surface area contributed by atoms with Crippen LogP contribution in [0.1, 0.15) is 16.2 Å². The normalized spacial score (nSPS) is 10.7. The monoisotopic (exact) mass is 310 g/mol. The van der Waals surface area contributed by atoms with Crippen molar-refractivity contribution in [3.8, 4) is 5.75 Å². The topological polar surface area (TPSA) is 81.4 Å². The maximum Gasteiger partial charge on any atom is 0.323 e. The van der Waals surface area contributed by atoms with Crippen molar-refractivity contribution in [2.24, 2.45) is 0 Å². The molecule has 2 aromatic carbocycles. The fourth-order valence-corrected chi connectivity index (χ4v) is 2.42. The number of carbonyl (C=O) groups excluding carboxylic acids is 1. The fourth-order valence-electron chi connectivity index (χ4n) is 2.42. The number of aliphatic carboxylic acids is 1. The molecule has 0 aliphatic rings. The van der Waals surface area contributed by atoms with Crippen LogP contribution in [0, 0.1) is 0 Å². The number of methoxy groups -OCH3 is 1. The SMILES string of the molecule is COc1ccc2nc(C(=O)c3ccccc3)n(CC(=O)O)c2c1. The predicted molar refractivity (Wildman–Crippen MR) is 83.8 cm³/mol. The Morgan fingerprint density at radius 2 is 1.91 bits per heavy atom. The van der Waals surface area contributed by atoms with Crippen LogP contribution in [0.15, 0.2) is 48.5 Å². The highest BCUT2D eigenvalue weighted by Crippen LogP contribution is 2.23. The molecular formula is C17H14N2O4. The number of rotatable bonds is 5. The fraction of sp³-hybridized carbons (Fsp3) is 0.118. The molecule has 1 heterocycles. The van der Waals surface area contributed by atoms with Crippen molar-refractivity contribution in [2.75, 3.05) is 7.11 Å². The van der Waals surface area contributed by atoms with Crippen LogP contribution in [-0.2, 0) is 11.3 Å². The molecule has 0 saturated heterocycles. The summed E-state index contributed by atoms with van der Waals surface area (Å²) < 4.78 is 6.56. The van der Waals surface area contributed by atoms with E-state index in [1.807, 2.05) is 6.07 Å². The van der Waals surface area contributed by atoms with Crippen molar-refractivity contribution in [1.82, 2.24) is 9.55 Å². The maximum atomic E-state index is 12.7. The van der Waals surface area contributed by atoms with E-state index in [-0.39, 0.29) is 18.2 Å². The number of hydrogen-bond acceptors (Lipinski definition) is 4. The summed E-state index contributed by atoms with van der Waals surface area (Å²) in [6.07, 6.45) is 0. The van der Waals surface area contributed by atoms with Crippen molar-refractivity contribution in [3.05, 3.63) is 59.9 Å². The standard InChI is InChI=1S/C17H14N2O4/c1-23-12-7-8-13-14(9-12)19(10-15(20)21)17(18-13)16(22)11-5-3-2-4-6-11/h2-9H,10H2,1H3,(H,20,21). The van der Waals surface area contributed by atoms with Gasteiger partial charge in [0.1, 0.15) is 12.3 Å². The zero-order valence-corrected chi connectivity index (χ0v) is 12.4. The van der Waals surface area contributed by atoms with Crippen molar-refractivity contribution in [2.45, 2.75) is 6.54 Å². The highest BCUT2D eigenvalue weighted by molar-refractivity contribution is 6.08. The molecule has 3 rings (SSSR count). The Morgan fingerprint density at radius 3 is 2.57 bits per heavy atom. The molecule has 0 unspecified atom stereocenters. The number of ketones is 1. The first kappa shape index (κ1) is 14.8. The molecule has 116 valence electrons. The van der Waals surface area contributed by atoms with Crippen LogP contribution in [0.5, 0.6) is 5.75 Å². The van der Waals surface area contributed by atoms with E-state index in [1.165, 1.54) is 11.7 Å². The molecule has 3 aromatic rings. The van der Waals surface area contributed by atoms with Gasteiger partial charge in [0.2, 0.25) is 5.78 Å². The van der Waals surface area contributed by atoms with E-state index in [0.717, 1.165) is 0 Å². The van der Waals surface area contributed by atoms with E-state index in [1.54, 1.807) is 42.5 Å². The van der Waals surface area contributed by atoms with Crippen LogP contribution in [0.25, 0.3) is 11.0 Å². The Morgan fingerprint density at radius 1 is 1.17 bits per heavy atom. The van der Waals surface area contributed by atoms with Crippen LogP contribution < -0.4 is 4.74 Å². The zero-order chi connectivity index (χ0) is 16.4. The summed E-state index contributed by atoms with van der Waals surface area (Å²) in [5.41, 5.74) is 1.55. The quantitative estimate of drug-likeness (QED) is 0.732. The van der Waals surface area contributed by atoms with E-state index < -0.39 is 5.97 Å². The Hall–Kier alpha value is -3.15. The van der Waals surface area contributed by atoms with E-state index in [4.69, 9.17) is 9.84 Å². The second-order valence-electron chi connectivity index (χ2n) is 4.97. The van der Waals surface area contributed by atoms with Gasteiger partial charge in [-0.15, -0.1) is 0 Å². The van der Waals surface area contributed by atoms with Gasteiger partial charge in [-0.2, -0.15) is 0 Å². The number of nitrogens with zero attached hydrogens (tertiary/aromatic N) is 2. The summed E-state index contributed by atoms with van der Waals surface area (Å²) in [5.74, 6) is -0.694. The van der Waals surface area contributed by atoms with Crippen LogP contribution >= 0.6 is 0 Å². The Bertz CT molecular complexity index is 884. The second kappa shape index (κ2) is 5.92. The number of fused-ring (bicyclic) bond motifs is 1. The summed E-state index contributed by atoms with van der Waals surface area (Å²) in [6, 6.07) is 13.8. The Labute approximate surface area is 131 Å². The molecule has 1 N–H and O–H groups in total. The molecule has 1 aromatic heterocycles. The average Bonchev–Trinajstić information content (AvgIpc) is 2.92. The van der Waals surface area contributed by atoms with Gasteiger partial charge in [-0.1, -0.05) is 30.3 Å². The molecule has 0 saturated carbocycles. The lowest BCUT2D eigenvalue weighted by atomic mass is 10.1. The predicted octanol–water partition coefficient (Wildman–Crippen LogP) is 2.36. The van der Waals surface area contributed by atoms with E-state index in [2.05, 4.69) is 4.98 Å². The number of ether oxygens (including phenoxy) is 1. The number of imidazole rings is 1. The molecule has 0 atom stereocenters. The number of aromatic nitrogens is 2. The third-order valence-corrected chi connectivity index (χ3v) is 3.49. The number of carbonyl (C=O) groups is 2. The Kier molecular flexibility index (Phi) is 3.80. The lowest BCUT2D eigenvalue weighted by molar-refractivity contribution is -0.137. The highest BCUT2D eigenvalue weighted by atomic mass is 16.5. The van der Waals surface area contributed by atoms with Gasteiger partial charge in [0, 0.05) is 11.6 Å². The molecular weight excluding hydrogens is 296 g/mol. The van der Waals surface area contributed by atoms with Crippen molar-refractivity contribution >= 4 is 22.8 Å². The summed E-state index contributed by atoms with van der Waals surface area (Å²) in [6.45, 7) is -0.350. The minimum absolute atomic E-state index is 0.0989. The molecule has 6 nitrogen and oxygen atoms in total. The van der Waals surface area contributed by atoms with Gasteiger partial charge in [0.25, 0.3) is 0 Å². The molecule has 6 heteroatoms. The van der Waals surface area contributed by atoms with Crippen LogP contribution in [0.3, 0.4) is 0 Å². The smallest absolute Gasteiger partial charge is 0.323 e. The molecule has 0 aliphatic heterocycles. The van der Waals surface area contributed by atoms with Gasteiger partial charge >= 0.3 is 5.97 Å². The van der Waals surface area contributed by atoms with Gasteiger partial charge in [0.05, 0.1) is 18.1 Å². The van der Waals surface area contributed by atoms with Gasteiger partial charge in [-0.05, 0) is 12.1 Å². The van der Waals surface area contributed by atoms with Crippen LogP contribution in [0.4, 0.5) is 0 Å². The minimum Gasteiger partial charge on any atom is -0.497 e. The number of carboxylic acid groups (broad SMARTS) is 1. The minimum atomic E-state index is -1.05. The molecule has 0 aliphatic carbocycles. The van der Waals surface area contributed by atoms with E-state index >= 15 is 0 Å². The van der Waals surface area contributed by atoms with Crippen molar-refractivity contribution in [1.29, 1.82) is 0 Å². The molecule has 0 spiro atoms. The third kappa shape index (κ3) is 2.78. The summed E-state index contributed by atoms with van der Waals surface area (Å²) in [5, 5.41) is 9.16. The lowest BCUT2D eigenvalue weighted by Gasteiger charge is -2.06. The number of carboxylic acids is 1. The van der Waals surface area contributed by atoms with Gasteiger partial charge < -0.3 is 14.4 Å². The first-order valence-corrected chi connectivity index (χ1v) is 6.96. The molecule has 23 heavy (non-hydrogen) atoms. The molecule has 0 radical (unpaired) electrons. The largest absolute Gasteiger partial charge is 0.497 e. The zero-order valence-electron chi connectivity index (χ0n) is 12.4. The maximum absolute atomic E-state index is 12.7. The van der Waals surface area contributed by atoms with E-state index in [0.29, 0.717) is 22.3 Å². The highest BCUT2D eigenvalue weighted by Gasteiger charge is 2.20. The van der Waals surface area contributed by atoms with Crippen LogP contribution in [0.2, 0.25) is 0 Å². The molecule has 0 bridgehead atoms. The van der Waals surface area contributed by atoms with Crippen molar-refractivity contribution < 1.29 is 19.4 Å². The van der Waals surface area contributed by atoms with Gasteiger partial charge in [-0.3, -0.25) is 9.59 Å². The first-order chi connectivity index (χ1) is 11.1. The van der Waals surface area contributed by atoms with E-state index in [9.17, 15) is 9.59 Å². The van der Waals surface area contributed by atoms with Crippen molar-refractivity contribution in [3.63, 3.8) is 0 Å². The summed E-state index contributed by atoms with van der Waals surface area (Å²) in [4.78, 5) is 28.2. The van der Waals surface area contributed by atoms with Crippen LogP contribution in [-0.4, -0.2) is 33.5 Å². The summed E-state index contributed by atoms with van der Waals surface area (Å²) >= 11 is 0. The summed E-state index contributed by atoms with van der Waals surface area (Å²) in [7, 11) is 1.52. The molecule has 0 amide bonds.